The molecule has 1 amide bonds. The Morgan fingerprint density at radius 2 is 2.13 bits per heavy atom. The van der Waals surface area contributed by atoms with E-state index in [-0.39, 0.29) is 17.9 Å². The minimum Gasteiger partial charge on any atom is -0.347 e. The van der Waals surface area contributed by atoms with Crippen molar-refractivity contribution in [2.75, 3.05) is 19.6 Å². The van der Waals surface area contributed by atoms with Crippen LogP contribution in [0.25, 0.3) is 0 Å². The number of nitrogens with one attached hydrogen (secondary N) is 3. The van der Waals surface area contributed by atoms with Gasteiger partial charge in [0.05, 0.1) is 12.0 Å². The SMILES string of the molecule is CCCN1CC(NC(=O)c2ccccc2)C(c2nc(=S)[nH][nH]2)C1. The van der Waals surface area contributed by atoms with Crippen molar-refractivity contribution >= 4 is 18.1 Å². The lowest BCUT2D eigenvalue weighted by Gasteiger charge is -2.18. The third-order valence-electron chi connectivity index (χ3n) is 4.16. The molecule has 1 aliphatic heterocycles. The zero-order chi connectivity index (χ0) is 16.2. The van der Waals surface area contributed by atoms with Gasteiger partial charge in [-0.15, -0.1) is 0 Å². The predicted octanol–water partition coefficient (Wildman–Crippen LogP) is 2.08. The van der Waals surface area contributed by atoms with E-state index in [0.29, 0.717) is 10.3 Å². The van der Waals surface area contributed by atoms with Crippen LogP contribution in [0.4, 0.5) is 0 Å². The molecular weight excluding hydrogens is 310 g/mol. The Labute approximate surface area is 140 Å². The van der Waals surface area contributed by atoms with E-state index in [0.717, 1.165) is 31.9 Å². The van der Waals surface area contributed by atoms with Crippen LogP contribution in [-0.4, -0.2) is 51.7 Å². The van der Waals surface area contributed by atoms with E-state index in [2.05, 4.69) is 32.3 Å². The molecule has 1 aliphatic rings. The molecule has 0 bridgehead atoms. The summed E-state index contributed by atoms with van der Waals surface area (Å²) in [4.78, 5) is 19.2. The minimum atomic E-state index is -0.0481. The highest BCUT2D eigenvalue weighted by Gasteiger charge is 2.36. The first-order chi connectivity index (χ1) is 11.2. The minimum absolute atomic E-state index is 0.0169. The zero-order valence-corrected chi connectivity index (χ0v) is 13.9. The first-order valence-electron chi connectivity index (χ1n) is 7.90. The standard InChI is InChI=1S/C16H21N5OS/c1-2-8-21-9-12(14-18-16(23)20-19-14)13(10-21)17-15(22)11-6-4-3-5-7-11/h3-7,12-13H,2,8-10H2,1H3,(H,17,22)(H2,18,19,20,23). The van der Waals surface area contributed by atoms with Crippen molar-refractivity contribution in [2.24, 2.45) is 0 Å². The fourth-order valence-corrected chi connectivity index (χ4v) is 3.26. The average Bonchev–Trinajstić information content (AvgIpc) is 3.15. The Balaban J connectivity index is 1.77. The van der Waals surface area contributed by atoms with Crippen molar-refractivity contribution in [2.45, 2.75) is 25.3 Å². The number of amides is 1. The summed E-state index contributed by atoms with van der Waals surface area (Å²) in [5, 5.41) is 9.03. The van der Waals surface area contributed by atoms with Crippen molar-refractivity contribution in [3.05, 3.63) is 46.5 Å². The van der Waals surface area contributed by atoms with Crippen LogP contribution in [0.2, 0.25) is 0 Å². The predicted molar refractivity (Wildman–Crippen MR) is 90.9 cm³/mol. The van der Waals surface area contributed by atoms with E-state index in [4.69, 9.17) is 12.2 Å². The van der Waals surface area contributed by atoms with Gasteiger partial charge in [0.2, 0.25) is 4.77 Å². The smallest absolute Gasteiger partial charge is 0.251 e. The second-order valence-corrected chi connectivity index (χ2v) is 6.25. The highest BCUT2D eigenvalue weighted by molar-refractivity contribution is 7.71. The quantitative estimate of drug-likeness (QED) is 0.733. The molecule has 0 radical (unpaired) electrons. The number of benzene rings is 1. The number of carbonyl (C=O) groups is 1. The first kappa shape index (κ1) is 15.9. The Bertz CT molecular complexity index is 711. The monoisotopic (exact) mass is 331 g/mol. The molecular formula is C16H21N5OS. The maximum absolute atomic E-state index is 12.5. The number of H-pyrrole nitrogens is 2. The maximum Gasteiger partial charge on any atom is 0.251 e. The lowest BCUT2D eigenvalue weighted by molar-refractivity contribution is 0.0934. The molecule has 0 aliphatic carbocycles. The average molecular weight is 331 g/mol. The number of hydrogen-bond acceptors (Lipinski definition) is 4. The summed E-state index contributed by atoms with van der Waals surface area (Å²) in [5.74, 6) is 0.877. The van der Waals surface area contributed by atoms with Gasteiger partial charge in [0, 0.05) is 18.7 Å². The molecule has 0 saturated carbocycles. The van der Waals surface area contributed by atoms with Gasteiger partial charge in [-0.3, -0.25) is 15.0 Å². The number of carbonyl (C=O) groups excluding carboxylic acids is 1. The summed E-state index contributed by atoms with van der Waals surface area (Å²) in [7, 11) is 0. The van der Waals surface area contributed by atoms with Gasteiger partial charge in [0.15, 0.2) is 0 Å². The number of aromatic amines is 2. The van der Waals surface area contributed by atoms with Gasteiger partial charge < -0.3 is 10.2 Å². The van der Waals surface area contributed by atoms with Crippen LogP contribution in [0.3, 0.4) is 0 Å². The molecule has 2 atom stereocenters. The van der Waals surface area contributed by atoms with E-state index >= 15 is 0 Å². The molecule has 3 rings (SSSR count). The summed E-state index contributed by atoms with van der Waals surface area (Å²) >= 11 is 5.05. The number of aromatic nitrogens is 3. The molecule has 2 heterocycles. The normalized spacial score (nSPS) is 21.4. The van der Waals surface area contributed by atoms with E-state index in [9.17, 15) is 4.79 Å². The highest BCUT2D eigenvalue weighted by atomic mass is 32.1. The molecule has 23 heavy (non-hydrogen) atoms. The van der Waals surface area contributed by atoms with E-state index in [1.54, 1.807) is 0 Å². The van der Waals surface area contributed by atoms with Gasteiger partial charge in [-0.1, -0.05) is 25.1 Å². The molecule has 7 heteroatoms. The van der Waals surface area contributed by atoms with Crippen LogP contribution in [0, 0.1) is 4.77 Å². The molecule has 3 N–H and O–H groups in total. The van der Waals surface area contributed by atoms with Crippen LogP contribution < -0.4 is 5.32 Å². The largest absolute Gasteiger partial charge is 0.347 e. The molecule has 1 fully saturated rings. The molecule has 122 valence electrons. The Morgan fingerprint density at radius 3 is 2.78 bits per heavy atom. The molecule has 6 nitrogen and oxygen atoms in total. The number of hydrogen-bond donors (Lipinski definition) is 3. The van der Waals surface area contributed by atoms with Crippen LogP contribution >= 0.6 is 12.2 Å². The van der Waals surface area contributed by atoms with Crippen molar-refractivity contribution in [1.82, 2.24) is 25.4 Å². The van der Waals surface area contributed by atoms with E-state index in [1.165, 1.54) is 0 Å². The van der Waals surface area contributed by atoms with Gasteiger partial charge in [-0.05, 0) is 37.3 Å². The van der Waals surface area contributed by atoms with E-state index < -0.39 is 0 Å². The topological polar surface area (TPSA) is 76.8 Å². The Kier molecular flexibility index (Phi) is 4.88. The van der Waals surface area contributed by atoms with Crippen LogP contribution in [0.5, 0.6) is 0 Å². The van der Waals surface area contributed by atoms with Gasteiger partial charge in [-0.2, -0.15) is 0 Å². The second-order valence-electron chi connectivity index (χ2n) is 5.86. The van der Waals surface area contributed by atoms with Crippen molar-refractivity contribution in [1.29, 1.82) is 0 Å². The summed E-state index contributed by atoms with van der Waals surface area (Å²) in [5.41, 5.74) is 0.676. The number of nitrogens with zero attached hydrogens (tertiary/aromatic N) is 2. The first-order valence-corrected chi connectivity index (χ1v) is 8.31. The lowest BCUT2D eigenvalue weighted by Crippen LogP contribution is -2.40. The molecule has 1 saturated heterocycles. The fourth-order valence-electron chi connectivity index (χ4n) is 3.11. The highest BCUT2D eigenvalue weighted by Crippen LogP contribution is 2.25. The van der Waals surface area contributed by atoms with E-state index in [1.807, 2.05) is 30.3 Å². The van der Waals surface area contributed by atoms with Gasteiger partial charge in [0.1, 0.15) is 5.82 Å². The van der Waals surface area contributed by atoms with Crippen LogP contribution in [-0.2, 0) is 0 Å². The Morgan fingerprint density at radius 1 is 1.35 bits per heavy atom. The van der Waals surface area contributed by atoms with Crippen molar-refractivity contribution in [3.8, 4) is 0 Å². The number of likely N-dealkylation sites (tertiary alicyclic amines) is 1. The fraction of sp³-hybridized carbons (Fsp3) is 0.438. The summed E-state index contributed by atoms with van der Waals surface area (Å²) in [6, 6.07) is 9.31. The van der Waals surface area contributed by atoms with Crippen LogP contribution in [0.1, 0.15) is 35.4 Å². The maximum atomic E-state index is 12.5. The third-order valence-corrected chi connectivity index (χ3v) is 4.35. The molecule has 1 aromatic carbocycles. The van der Waals surface area contributed by atoms with Gasteiger partial charge in [0.25, 0.3) is 5.91 Å². The number of rotatable bonds is 5. The molecule has 1 aromatic heterocycles. The van der Waals surface area contributed by atoms with Gasteiger partial charge in [-0.25, -0.2) is 4.98 Å². The third kappa shape index (κ3) is 3.68. The lowest BCUT2D eigenvalue weighted by atomic mass is 10.0. The van der Waals surface area contributed by atoms with Crippen molar-refractivity contribution in [3.63, 3.8) is 0 Å². The molecule has 2 unspecified atom stereocenters. The van der Waals surface area contributed by atoms with Gasteiger partial charge >= 0.3 is 0 Å². The van der Waals surface area contributed by atoms with Crippen LogP contribution in [0.15, 0.2) is 30.3 Å². The molecule has 2 aromatic rings. The summed E-state index contributed by atoms with van der Waals surface area (Å²) in [6.07, 6.45) is 1.09. The van der Waals surface area contributed by atoms with Crippen molar-refractivity contribution < 1.29 is 4.79 Å². The Hall–Kier alpha value is -1.99. The second kappa shape index (κ2) is 7.06. The summed E-state index contributed by atoms with van der Waals surface area (Å²) in [6.45, 7) is 4.86. The molecule has 0 spiro atoms. The zero-order valence-electron chi connectivity index (χ0n) is 13.1. The summed E-state index contributed by atoms with van der Waals surface area (Å²) < 4.78 is 0.446.